The third-order valence-electron chi connectivity index (χ3n) is 4.19. The molecule has 0 bridgehead atoms. The van der Waals surface area contributed by atoms with Crippen molar-refractivity contribution in [3.05, 3.63) is 60.7 Å². The van der Waals surface area contributed by atoms with Crippen LogP contribution in [0, 0.1) is 0 Å². The molecule has 0 aromatic heterocycles. The summed E-state index contributed by atoms with van der Waals surface area (Å²) in [6.07, 6.45) is 2.20. The fraction of sp³-hybridized carbons (Fsp3) is 0.400. The molecule has 2 rings (SSSR count). The van der Waals surface area contributed by atoms with Gasteiger partial charge in [-0.25, -0.2) is 0 Å². The van der Waals surface area contributed by atoms with E-state index < -0.39 is 17.0 Å². The maximum Gasteiger partial charge on any atom is 0.326 e. The van der Waals surface area contributed by atoms with Crippen molar-refractivity contribution < 1.29 is 4.12 Å². The van der Waals surface area contributed by atoms with Gasteiger partial charge in [-0.05, 0) is 49.4 Å². The molecule has 0 aliphatic heterocycles. The molecule has 2 N–H and O–H groups in total. The zero-order valence-corrected chi connectivity index (χ0v) is 18.0. The van der Waals surface area contributed by atoms with E-state index in [2.05, 4.69) is 97.6 Å². The molecular formula is C20H32N2OSi2. The van der Waals surface area contributed by atoms with Crippen LogP contribution in [-0.2, 0) is 4.12 Å². The molecule has 5 heteroatoms. The van der Waals surface area contributed by atoms with Crippen molar-refractivity contribution in [1.82, 2.24) is 9.96 Å². The van der Waals surface area contributed by atoms with Crippen LogP contribution in [0.2, 0.25) is 13.1 Å². The summed E-state index contributed by atoms with van der Waals surface area (Å²) in [5, 5.41) is 2.57. The SMILES string of the molecule is CCCN[Si](C)(C)O[Si](NCCC)(c1ccccc1)c1ccccc1. The Kier molecular flexibility index (Phi) is 7.59. The van der Waals surface area contributed by atoms with Crippen LogP contribution >= 0.6 is 0 Å². The molecule has 25 heavy (non-hydrogen) atoms. The summed E-state index contributed by atoms with van der Waals surface area (Å²) in [7, 11) is -4.53. The van der Waals surface area contributed by atoms with E-state index in [4.69, 9.17) is 4.12 Å². The van der Waals surface area contributed by atoms with Gasteiger partial charge in [0.05, 0.1) is 0 Å². The van der Waals surface area contributed by atoms with E-state index >= 15 is 0 Å². The molecule has 0 aliphatic rings. The van der Waals surface area contributed by atoms with Crippen LogP contribution in [0.4, 0.5) is 0 Å². The summed E-state index contributed by atoms with van der Waals surface area (Å²) in [5.41, 5.74) is 0. The van der Waals surface area contributed by atoms with Crippen LogP contribution in [0.5, 0.6) is 0 Å². The van der Waals surface area contributed by atoms with Crippen LogP contribution in [-0.4, -0.2) is 30.0 Å². The van der Waals surface area contributed by atoms with Gasteiger partial charge in [0.2, 0.25) is 0 Å². The standard InChI is InChI=1S/C20H32N2OSi2/c1-5-17-21-24(3,4)23-25(22-18-6-2,19-13-9-7-10-14-19)20-15-11-8-12-16-20/h7-16,21-22H,5-6,17-18H2,1-4H3. The van der Waals surface area contributed by atoms with E-state index in [-0.39, 0.29) is 0 Å². The maximum atomic E-state index is 7.06. The largest absolute Gasteiger partial charge is 0.426 e. The van der Waals surface area contributed by atoms with E-state index in [9.17, 15) is 0 Å². The fourth-order valence-electron chi connectivity index (χ4n) is 3.02. The Balaban J connectivity index is 2.51. The summed E-state index contributed by atoms with van der Waals surface area (Å²) in [6.45, 7) is 10.9. The van der Waals surface area contributed by atoms with Gasteiger partial charge in [0, 0.05) is 0 Å². The molecule has 0 fully saturated rings. The minimum absolute atomic E-state index is 0.953. The zero-order valence-electron chi connectivity index (χ0n) is 16.0. The molecule has 2 aromatic carbocycles. The first-order chi connectivity index (χ1) is 12.0. The molecule has 0 saturated heterocycles. The second kappa shape index (κ2) is 9.45. The van der Waals surface area contributed by atoms with Crippen molar-refractivity contribution in [1.29, 1.82) is 0 Å². The Morgan fingerprint density at radius 1 is 0.720 bits per heavy atom. The lowest BCUT2D eigenvalue weighted by atomic mass is 10.4. The third kappa shape index (κ3) is 5.36. The predicted molar refractivity (Wildman–Crippen MR) is 113 cm³/mol. The van der Waals surface area contributed by atoms with Crippen molar-refractivity contribution >= 4 is 27.3 Å². The molecule has 0 atom stereocenters. The van der Waals surface area contributed by atoms with Crippen molar-refractivity contribution in [2.24, 2.45) is 0 Å². The number of hydrogen-bond donors (Lipinski definition) is 2. The van der Waals surface area contributed by atoms with Crippen LogP contribution in [0.15, 0.2) is 60.7 Å². The molecule has 0 heterocycles. The highest BCUT2D eigenvalue weighted by Crippen LogP contribution is 2.12. The summed E-state index contributed by atoms with van der Waals surface area (Å²) in [4.78, 5) is 7.55. The Bertz CT molecular complexity index is 581. The maximum absolute atomic E-state index is 7.06. The number of benzene rings is 2. The summed E-state index contributed by atoms with van der Waals surface area (Å²) in [6, 6.07) is 21.5. The lowest BCUT2D eigenvalue weighted by molar-refractivity contribution is 0.511. The van der Waals surface area contributed by atoms with E-state index in [0.29, 0.717) is 0 Å². The quantitative estimate of drug-likeness (QED) is 0.629. The molecule has 0 amide bonds. The number of rotatable bonds is 10. The molecule has 2 aromatic rings. The van der Waals surface area contributed by atoms with Gasteiger partial charge in [-0.15, -0.1) is 0 Å². The van der Waals surface area contributed by atoms with Gasteiger partial charge < -0.3 is 14.1 Å². The Labute approximate surface area is 155 Å². The smallest absolute Gasteiger partial charge is 0.326 e. The van der Waals surface area contributed by atoms with Crippen molar-refractivity contribution in [2.45, 2.75) is 39.8 Å². The third-order valence-corrected chi connectivity index (χ3v) is 11.6. The average Bonchev–Trinajstić information content (AvgIpc) is 2.65. The van der Waals surface area contributed by atoms with Gasteiger partial charge in [-0.1, -0.05) is 74.5 Å². The molecule has 136 valence electrons. The first-order valence-electron chi connectivity index (χ1n) is 9.35. The summed E-state index contributed by atoms with van der Waals surface area (Å²) < 4.78 is 7.06. The molecule has 0 saturated carbocycles. The second-order valence-electron chi connectivity index (χ2n) is 6.88. The Morgan fingerprint density at radius 2 is 1.16 bits per heavy atom. The first-order valence-corrected chi connectivity index (χ1v) is 14.2. The Morgan fingerprint density at radius 3 is 1.60 bits per heavy atom. The zero-order chi connectivity index (χ0) is 18.2. The number of nitrogens with one attached hydrogen (secondary N) is 2. The fourth-order valence-corrected chi connectivity index (χ4v) is 11.1. The van der Waals surface area contributed by atoms with E-state index in [1.165, 1.54) is 10.4 Å². The van der Waals surface area contributed by atoms with E-state index in [0.717, 1.165) is 25.9 Å². The van der Waals surface area contributed by atoms with Crippen molar-refractivity contribution in [2.75, 3.05) is 13.1 Å². The normalized spacial score (nSPS) is 12.3. The highest BCUT2D eigenvalue weighted by atomic mass is 28.4. The monoisotopic (exact) mass is 372 g/mol. The van der Waals surface area contributed by atoms with E-state index in [1.54, 1.807) is 0 Å². The van der Waals surface area contributed by atoms with Gasteiger partial charge in [-0.2, -0.15) is 0 Å². The highest BCUT2D eigenvalue weighted by molar-refractivity contribution is 7.00. The summed E-state index contributed by atoms with van der Waals surface area (Å²) >= 11 is 0. The molecule has 0 radical (unpaired) electrons. The van der Waals surface area contributed by atoms with Crippen LogP contribution in [0.1, 0.15) is 26.7 Å². The lowest BCUT2D eigenvalue weighted by Gasteiger charge is -2.40. The molecule has 0 unspecified atom stereocenters. The summed E-state index contributed by atoms with van der Waals surface area (Å²) in [5.74, 6) is 0. The van der Waals surface area contributed by atoms with Gasteiger partial charge >= 0.3 is 8.48 Å². The molecular weight excluding hydrogens is 340 g/mol. The second-order valence-corrected chi connectivity index (χ2v) is 13.9. The Hall–Kier alpha value is -1.25. The minimum atomic E-state index is -2.50. The van der Waals surface area contributed by atoms with Crippen molar-refractivity contribution in [3.8, 4) is 0 Å². The average molecular weight is 373 g/mol. The molecule has 0 spiro atoms. The highest BCUT2D eigenvalue weighted by Gasteiger charge is 2.44. The van der Waals surface area contributed by atoms with Gasteiger partial charge in [0.25, 0.3) is 8.48 Å². The van der Waals surface area contributed by atoms with Gasteiger partial charge in [-0.3, -0.25) is 0 Å². The van der Waals surface area contributed by atoms with Crippen LogP contribution < -0.4 is 20.3 Å². The van der Waals surface area contributed by atoms with E-state index in [1.807, 2.05) is 0 Å². The topological polar surface area (TPSA) is 33.3 Å². The lowest BCUT2D eigenvalue weighted by Crippen LogP contribution is -2.75. The van der Waals surface area contributed by atoms with Gasteiger partial charge in [0.1, 0.15) is 0 Å². The number of hydrogen-bond acceptors (Lipinski definition) is 3. The van der Waals surface area contributed by atoms with Gasteiger partial charge in [0.15, 0.2) is 0 Å². The molecule has 3 nitrogen and oxygen atoms in total. The van der Waals surface area contributed by atoms with Crippen LogP contribution in [0.3, 0.4) is 0 Å². The minimum Gasteiger partial charge on any atom is -0.426 e. The van der Waals surface area contributed by atoms with Crippen molar-refractivity contribution in [3.63, 3.8) is 0 Å². The first kappa shape index (κ1) is 20.1. The van der Waals surface area contributed by atoms with Crippen LogP contribution in [0.25, 0.3) is 0 Å². The predicted octanol–water partition coefficient (Wildman–Crippen LogP) is 2.96. The molecule has 0 aliphatic carbocycles.